The molecule has 1 aromatic heterocycles. The summed E-state index contributed by atoms with van der Waals surface area (Å²) in [5.41, 5.74) is 0.859. The smallest absolute Gasteiger partial charge is 0.182 e. The normalized spacial score (nSPS) is 11.7. The Labute approximate surface area is 89.4 Å². The number of thiazole rings is 1. The number of carbonyl (C=O) groups excluding carboxylic acids is 1. The highest BCUT2D eigenvalue weighted by molar-refractivity contribution is 7.09. The lowest BCUT2D eigenvalue weighted by molar-refractivity contribution is 0.0961. The molecule has 0 amide bonds. The van der Waals surface area contributed by atoms with Crippen LogP contribution in [0.5, 0.6) is 0 Å². The average molecular weight is 211 g/mol. The average Bonchev–Trinajstić information content (AvgIpc) is 2.46. The van der Waals surface area contributed by atoms with Crippen LogP contribution in [0, 0.1) is 12.3 Å². The second-order valence-corrected chi connectivity index (χ2v) is 5.80. The van der Waals surface area contributed by atoms with E-state index in [0.29, 0.717) is 12.1 Å². The van der Waals surface area contributed by atoms with Gasteiger partial charge < -0.3 is 0 Å². The van der Waals surface area contributed by atoms with Crippen molar-refractivity contribution in [1.82, 2.24) is 4.98 Å². The van der Waals surface area contributed by atoms with Crippen LogP contribution < -0.4 is 0 Å². The van der Waals surface area contributed by atoms with E-state index < -0.39 is 0 Å². The van der Waals surface area contributed by atoms with Crippen LogP contribution in [0.15, 0.2) is 5.38 Å². The largest absolute Gasteiger partial charge is 0.292 e. The van der Waals surface area contributed by atoms with Crippen LogP contribution in [-0.4, -0.2) is 10.8 Å². The van der Waals surface area contributed by atoms with Gasteiger partial charge in [0.15, 0.2) is 5.78 Å². The van der Waals surface area contributed by atoms with Crippen LogP contribution in [0.4, 0.5) is 0 Å². The van der Waals surface area contributed by atoms with Gasteiger partial charge in [-0.25, -0.2) is 4.98 Å². The zero-order chi connectivity index (χ0) is 10.8. The third kappa shape index (κ3) is 3.58. The van der Waals surface area contributed by atoms with Gasteiger partial charge in [0.05, 0.1) is 5.01 Å². The van der Waals surface area contributed by atoms with Crippen molar-refractivity contribution in [2.45, 2.75) is 40.5 Å². The molecule has 0 aliphatic rings. The zero-order valence-corrected chi connectivity index (χ0v) is 10.1. The number of carbonyl (C=O) groups is 1. The van der Waals surface area contributed by atoms with Crippen LogP contribution in [0.2, 0.25) is 0 Å². The molecular weight excluding hydrogens is 194 g/mol. The van der Waals surface area contributed by atoms with Gasteiger partial charge in [0.1, 0.15) is 5.69 Å². The van der Waals surface area contributed by atoms with Gasteiger partial charge in [0, 0.05) is 11.8 Å². The maximum absolute atomic E-state index is 11.6. The van der Waals surface area contributed by atoms with Crippen molar-refractivity contribution < 1.29 is 4.79 Å². The number of hydrogen-bond donors (Lipinski definition) is 0. The Kier molecular flexibility index (Phi) is 3.43. The number of nitrogens with zero attached hydrogens (tertiary/aromatic N) is 1. The molecule has 0 radical (unpaired) electrons. The molecule has 0 N–H and O–H groups in total. The molecule has 0 atom stereocenters. The minimum Gasteiger partial charge on any atom is -0.292 e. The zero-order valence-electron chi connectivity index (χ0n) is 9.26. The molecule has 1 aromatic rings. The van der Waals surface area contributed by atoms with Crippen LogP contribution in [0.3, 0.4) is 0 Å². The molecule has 1 heterocycles. The number of aryl methyl sites for hydroxylation is 1. The Bertz CT molecular complexity index is 322. The van der Waals surface area contributed by atoms with Gasteiger partial charge in [0.2, 0.25) is 0 Å². The van der Waals surface area contributed by atoms with E-state index in [2.05, 4.69) is 25.8 Å². The molecular formula is C11H17NOS. The third-order valence-corrected chi connectivity index (χ3v) is 2.78. The summed E-state index contributed by atoms with van der Waals surface area (Å²) in [6.45, 7) is 8.36. The highest BCUT2D eigenvalue weighted by Crippen LogP contribution is 2.22. The van der Waals surface area contributed by atoms with Crippen molar-refractivity contribution in [3.05, 3.63) is 16.1 Å². The number of Topliss-reactive ketones (excluding diaryl/α,β-unsaturated/α-hetero) is 1. The molecule has 1 rings (SSSR count). The lowest BCUT2D eigenvalue weighted by atomic mass is 9.89. The molecule has 0 saturated carbocycles. The first-order chi connectivity index (χ1) is 6.38. The fraction of sp³-hybridized carbons (Fsp3) is 0.636. The van der Waals surface area contributed by atoms with Crippen LogP contribution >= 0.6 is 11.3 Å². The van der Waals surface area contributed by atoms with Crippen molar-refractivity contribution >= 4 is 17.1 Å². The molecule has 0 aromatic carbocycles. The summed E-state index contributed by atoms with van der Waals surface area (Å²) < 4.78 is 0. The maximum Gasteiger partial charge on any atom is 0.182 e. The molecule has 0 fully saturated rings. The summed E-state index contributed by atoms with van der Waals surface area (Å²) in [5.74, 6) is 0.171. The van der Waals surface area contributed by atoms with E-state index >= 15 is 0 Å². The number of aromatic nitrogens is 1. The summed E-state index contributed by atoms with van der Waals surface area (Å²) >= 11 is 1.53. The number of ketones is 1. The Hall–Kier alpha value is -0.700. The van der Waals surface area contributed by atoms with Gasteiger partial charge in [-0.05, 0) is 18.8 Å². The summed E-state index contributed by atoms with van der Waals surface area (Å²) in [5, 5.41) is 2.81. The SMILES string of the molecule is Cc1nc(C(=O)CCC(C)(C)C)cs1. The minimum absolute atomic E-state index is 0.171. The van der Waals surface area contributed by atoms with Gasteiger partial charge >= 0.3 is 0 Å². The molecule has 3 heteroatoms. The summed E-state index contributed by atoms with van der Waals surface area (Å²) in [7, 11) is 0. The van der Waals surface area contributed by atoms with Crippen LogP contribution in [0.25, 0.3) is 0 Å². The van der Waals surface area contributed by atoms with Crippen LogP contribution in [0.1, 0.15) is 49.1 Å². The number of rotatable bonds is 3. The molecule has 2 nitrogen and oxygen atoms in total. The van der Waals surface area contributed by atoms with E-state index in [1.807, 2.05) is 12.3 Å². The first kappa shape index (κ1) is 11.4. The molecule has 0 saturated heterocycles. The molecule has 0 bridgehead atoms. The molecule has 0 spiro atoms. The monoisotopic (exact) mass is 211 g/mol. The standard InChI is InChI=1S/C11H17NOS/c1-8-12-9(7-14-8)10(13)5-6-11(2,3)4/h7H,5-6H2,1-4H3. The minimum atomic E-state index is 0.171. The topological polar surface area (TPSA) is 30.0 Å². The van der Waals surface area contributed by atoms with Gasteiger partial charge in [-0.3, -0.25) is 4.79 Å². The van der Waals surface area contributed by atoms with Gasteiger partial charge in [-0.2, -0.15) is 0 Å². The molecule has 78 valence electrons. The number of hydrogen-bond acceptors (Lipinski definition) is 3. The lowest BCUT2D eigenvalue weighted by Gasteiger charge is -2.16. The summed E-state index contributed by atoms with van der Waals surface area (Å²) in [6.07, 6.45) is 1.52. The maximum atomic E-state index is 11.6. The predicted octanol–water partition coefficient (Wildman–Crippen LogP) is 3.46. The van der Waals surface area contributed by atoms with E-state index in [0.717, 1.165) is 11.4 Å². The van der Waals surface area contributed by atoms with Gasteiger partial charge in [-0.15, -0.1) is 11.3 Å². The predicted molar refractivity (Wildman–Crippen MR) is 59.9 cm³/mol. The highest BCUT2D eigenvalue weighted by atomic mass is 32.1. The van der Waals surface area contributed by atoms with E-state index in [9.17, 15) is 4.79 Å². The molecule has 0 aliphatic heterocycles. The first-order valence-corrected chi connectivity index (χ1v) is 5.72. The highest BCUT2D eigenvalue weighted by Gasteiger charge is 2.15. The van der Waals surface area contributed by atoms with Gasteiger partial charge in [0.25, 0.3) is 0 Å². The second-order valence-electron chi connectivity index (χ2n) is 4.74. The van der Waals surface area contributed by atoms with E-state index in [1.54, 1.807) is 0 Å². The Morgan fingerprint density at radius 1 is 1.50 bits per heavy atom. The third-order valence-electron chi connectivity index (χ3n) is 2.01. The molecule has 0 aliphatic carbocycles. The van der Waals surface area contributed by atoms with Gasteiger partial charge in [-0.1, -0.05) is 20.8 Å². The van der Waals surface area contributed by atoms with Crippen LogP contribution in [-0.2, 0) is 0 Å². The Morgan fingerprint density at radius 3 is 2.57 bits per heavy atom. The fourth-order valence-electron chi connectivity index (χ4n) is 1.11. The summed E-state index contributed by atoms with van der Waals surface area (Å²) in [6, 6.07) is 0. The molecule has 14 heavy (non-hydrogen) atoms. The first-order valence-electron chi connectivity index (χ1n) is 4.84. The molecule has 0 unspecified atom stereocenters. The van der Waals surface area contributed by atoms with Crippen molar-refractivity contribution in [2.75, 3.05) is 0 Å². The summed E-state index contributed by atoms with van der Waals surface area (Å²) in [4.78, 5) is 15.8. The second kappa shape index (κ2) is 4.22. The Balaban J connectivity index is 2.52. The van der Waals surface area contributed by atoms with E-state index in [1.165, 1.54) is 11.3 Å². The van der Waals surface area contributed by atoms with Crippen molar-refractivity contribution in [1.29, 1.82) is 0 Å². The van der Waals surface area contributed by atoms with Crippen molar-refractivity contribution in [3.8, 4) is 0 Å². The van der Waals surface area contributed by atoms with Crippen molar-refractivity contribution in [3.63, 3.8) is 0 Å². The quantitative estimate of drug-likeness (QED) is 0.717. The Morgan fingerprint density at radius 2 is 2.14 bits per heavy atom. The fourth-order valence-corrected chi connectivity index (χ4v) is 1.73. The lowest BCUT2D eigenvalue weighted by Crippen LogP contribution is -2.09. The van der Waals surface area contributed by atoms with E-state index in [-0.39, 0.29) is 11.2 Å². The van der Waals surface area contributed by atoms with Crippen molar-refractivity contribution in [2.24, 2.45) is 5.41 Å². The van der Waals surface area contributed by atoms with E-state index in [4.69, 9.17) is 0 Å².